The molecule has 0 aliphatic carbocycles. The van der Waals surface area contributed by atoms with Gasteiger partial charge in [-0.2, -0.15) is 0 Å². The van der Waals surface area contributed by atoms with E-state index in [2.05, 4.69) is 38.1 Å². The van der Waals surface area contributed by atoms with Crippen LogP contribution in [0.25, 0.3) is 22.3 Å². The molecule has 1 atom stereocenters. The highest BCUT2D eigenvalue weighted by Gasteiger charge is 2.30. The second kappa shape index (κ2) is 11.0. The van der Waals surface area contributed by atoms with Crippen LogP contribution in [0.1, 0.15) is 51.7 Å². The number of benzene rings is 2. The minimum Gasteiger partial charge on any atom is -0.404 e. The Morgan fingerprint density at radius 2 is 1.54 bits per heavy atom. The van der Waals surface area contributed by atoms with E-state index < -0.39 is 12.4 Å². The maximum atomic E-state index is 13.7. The van der Waals surface area contributed by atoms with Gasteiger partial charge < -0.3 is 14.2 Å². The zero-order valence-corrected chi connectivity index (χ0v) is 21.0. The summed E-state index contributed by atoms with van der Waals surface area (Å²) < 4.78 is 19.8. The van der Waals surface area contributed by atoms with Crippen molar-refractivity contribution in [1.82, 2.24) is 9.36 Å². The lowest BCUT2D eigenvalue weighted by molar-refractivity contribution is -0.0985. The fourth-order valence-electron chi connectivity index (χ4n) is 4.81. The van der Waals surface area contributed by atoms with E-state index in [1.807, 2.05) is 25.1 Å². The first-order valence-electron chi connectivity index (χ1n) is 12.5. The summed E-state index contributed by atoms with van der Waals surface area (Å²) in [7, 11) is 0. The number of aryl methyl sites for hydroxylation is 2. The fraction of sp³-hybridized carbons (Fsp3) is 0.429. The van der Waals surface area contributed by atoms with Crippen molar-refractivity contribution >= 4 is 6.16 Å². The second-order valence-corrected chi connectivity index (χ2v) is 8.67. The highest BCUT2D eigenvalue weighted by Crippen LogP contribution is 2.38. The SMILES string of the molecule is CCOC(C)OC(=O)Oc1c(-c2c(CC)cc(-c3ccccc3)cc2CC)c(=O)n2n1CCCC2. The van der Waals surface area contributed by atoms with Crippen LogP contribution in [0, 0.1) is 0 Å². The third-order valence-corrected chi connectivity index (χ3v) is 6.44. The minimum atomic E-state index is -0.879. The van der Waals surface area contributed by atoms with Crippen LogP contribution in [0.5, 0.6) is 5.88 Å². The summed E-state index contributed by atoms with van der Waals surface area (Å²) in [4.78, 5) is 26.4. The molecule has 2 heterocycles. The van der Waals surface area contributed by atoms with Gasteiger partial charge in [0.2, 0.25) is 12.2 Å². The molecule has 0 fully saturated rings. The number of aromatic nitrogens is 2. The van der Waals surface area contributed by atoms with E-state index in [0.717, 1.165) is 53.5 Å². The molecular formula is C28H34N2O5. The van der Waals surface area contributed by atoms with E-state index in [-0.39, 0.29) is 11.4 Å². The van der Waals surface area contributed by atoms with Gasteiger partial charge in [0.1, 0.15) is 5.56 Å². The molecule has 35 heavy (non-hydrogen) atoms. The van der Waals surface area contributed by atoms with Crippen molar-refractivity contribution in [2.24, 2.45) is 0 Å². The molecule has 0 saturated heterocycles. The lowest BCUT2D eigenvalue weighted by Gasteiger charge is -2.20. The van der Waals surface area contributed by atoms with E-state index in [4.69, 9.17) is 14.2 Å². The van der Waals surface area contributed by atoms with Crippen LogP contribution in [0.15, 0.2) is 47.3 Å². The van der Waals surface area contributed by atoms with Crippen molar-refractivity contribution in [3.63, 3.8) is 0 Å². The molecule has 7 heteroatoms. The van der Waals surface area contributed by atoms with Crippen LogP contribution in [0.3, 0.4) is 0 Å². The van der Waals surface area contributed by atoms with Gasteiger partial charge in [-0.05, 0) is 67.3 Å². The smallest absolute Gasteiger partial charge is 0.404 e. The molecule has 1 unspecified atom stereocenters. The standard InChI is InChI=1S/C28H34N2O5/c1-5-20-17-23(22-13-9-8-10-14-22)18-21(6-2)24(20)25-26(31)29-15-11-12-16-30(29)27(25)35-28(32)34-19(4)33-7-3/h8-10,13-14,17-19H,5-7,11-12,15-16H2,1-4H3. The number of rotatable bonds is 8. The molecule has 1 aromatic heterocycles. The molecule has 4 rings (SSSR count). The predicted octanol–water partition coefficient (Wildman–Crippen LogP) is 5.80. The molecule has 0 saturated carbocycles. The van der Waals surface area contributed by atoms with Crippen molar-refractivity contribution < 1.29 is 19.0 Å². The van der Waals surface area contributed by atoms with Crippen molar-refractivity contribution in [2.75, 3.05) is 6.61 Å². The van der Waals surface area contributed by atoms with Gasteiger partial charge >= 0.3 is 6.16 Å². The second-order valence-electron chi connectivity index (χ2n) is 8.67. The van der Waals surface area contributed by atoms with E-state index in [1.54, 1.807) is 16.3 Å². The van der Waals surface area contributed by atoms with Crippen LogP contribution < -0.4 is 10.3 Å². The Morgan fingerprint density at radius 3 is 2.14 bits per heavy atom. The zero-order chi connectivity index (χ0) is 24.9. The fourth-order valence-corrected chi connectivity index (χ4v) is 4.81. The van der Waals surface area contributed by atoms with Crippen LogP contribution in [-0.4, -0.2) is 28.4 Å². The van der Waals surface area contributed by atoms with Gasteiger partial charge in [0.15, 0.2) is 0 Å². The summed E-state index contributed by atoms with van der Waals surface area (Å²) in [5.74, 6) is 0.250. The zero-order valence-electron chi connectivity index (χ0n) is 21.0. The Hall–Kier alpha value is -3.32. The van der Waals surface area contributed by atoms with Crippen LogP contribution in [0.4, 0.5) is 4.79 Å². The molecule has 186 valence electrons. The van der Waals surface area contributed by atoms with E-state index in [1.165, 1.54) is 0 Å². The molecular weight excluding hydrogens is 444 g/mol. The quantitative estimate of drug-likeness (QED) is 0.302. The highest BCUT2D eigenvalue weighted by atomic mass is 16.8. The van der Waals surface area contributed by atoms with Gasteiger partial charge in [0.25, 0.3) is 5.56 Å². The van der Waals surface area contributed by atoms with E-state index >= 15 is 0 Å². The third kappa shape index (κ3) is 5.05. The molecule has 3 aromatic rings. The van der Waals surface area contributed by atoms with Gasteiger partial charge in [-0.3, -0.25) is 9.48 Å². The van der Waals surface area contributed by atoms with Crippen LogP contribution >= 0.6 is 0 Å². The summed E-state index contributed by atoms with van der Waals surface area (Å²) in [5.41, 5.74) is 5.48. The number of hydrogen-bond donors (Lipinski definition) is 0. The Bertz CT molecular complexity index is 1220. The van der Waals surface area contributed by atoms with Crippen molar-refractivity contribution in [3.05, 3.63) is 63.9 Å². The Kier molecular flexibility index (Phi) is 7.76. The van der Waals surface area contributed by atoms with E-state index in [9.17, 15) is 9.59 Å². The largest absolute Gasteiger partial charge is 0.517 e. The predicted molar refractivity (Wildman–Crippen MR) is 136 cm³/mol. The first kappa shape index (κ1) is 24.8. The Labute approximate surface area is 206 Å². The average Bonchev–Trinajstić information content (AvgIpc) is 3.14. The lowest BCUT2D eigenvalue weighted by Crippen LogP contribution is -2.28. The topological polar surface area (TPSA) is 71.7 Å². The van der Waals surface area contributed by atoms with Gasteiger partial charge in [-0.15, -0.1) is 0 Å². The van der Waals surface area contributed by atoms with Gasteiger partial charge in [0, 0.05) is 19.7 Å². The maximum Gasteiger partial charge on any atom is 0.517 e. The molecule has 2 aromatic carbocycles. The molecule has 0 radical (unpaired) electrons. The summed E-state index contributed by atoms with van der Waals surface area (Å²) in [6, 6.07) is 14.5. The normalized spacial score (nSPS) is 13.8. The lowest BCUT2D eigenvalue weighted by atomic mass is 9.89. The number of carbonyl (C=O) groups excluding carboxylic acids is 1. The number of hydrogen-bond acceptors (Lipinski definition) is 5. The van der Waals surface area contributed by atoms with Crippen molar-refractivity contribution in [3.8, 4) is 28.1 Å². The summed E-state index contributed by atoms with van der Waals surface area (Å²) in [5, 5.41) is 0. The summed E-state index contributed by atoms with van der Waals surface area (Å²) >= 11 is 0. The summed E-state index contributed by atoms with van der Waals surface area (Å²) in [6.45, 7) is 9.23. The molecule has 1 aliphatic heterocycles. The molecule has 7 nitrogen and oxygen atoms in total. The minimum absolute atomic E-state index is 0.137. The summed E-state index contributed by atoms with van der Waals surface area (Å²) in [6.07, 6.45) is 1.66. The number of carbonyl (C=O) groups is 1. The Balaban J connectivity index is 1.87. The monoisotopic (exact) mass is 478 g/mol. The van der Waals surface area contributed by atoms with Crippen LogP contribution in [-0.2, 0) is 35.4 Å². The molecule has 0 amide bonds. The molecule has 1 aliphatic rings. The molecule has 0 N–H and O–H groups in total. The van der Waals surface area contributed by atoms with Gasteiger partial charge in [-0.25, -0.2) is 9.48 Å². The van der Waals surface area contributed by atoms with Gasteiger partial charge in [-0.1, -0.05) is 56.3 Å². The number of nitrogens with zero attached hydrogens (tertiary/aromatic N) is 2. The molecule has 0 spiro atoms. The van der Waals surface area contributed by atoms with E-state index in [0.29, 0.717) is 25.3 Å². The average molecular weight is 479 g/mol. The van der Waals surface area contributed by atoms with Gasteiger partial charge in [0.05, 0.1) is 0 Å². The maximum absolute atomic E-state index is 13.7. The van der Waals surface area contributed by atoms with Crippen LogP contribution in [0.2, 0.25) is 0 Å². The number of fused-ring (bicyclic) bond motifs is 1. The Morgan fingerprint density at radius 1 is 0.914 bits per heavy atom. The van der Waals surface area contributed by atoms with Crippen molar-refractivity contribution in [1.29, 1.82) is 0 Å². The highest BCUT2D eigenvalue weighted by molar-refractivity contribution is 5.81. The first-order chi connectivity index (χ1) is 17.0. The van der Waals surface area contributed by atoms with Crippen molar-refractivity contribution in [2.45, 2.75) is 72.8 Å². The first-order valence-corrected chi connectivity index (χ1v) is 12.5. The molecule has 0 bridgehead atoms. The third-order valence-electron chi connectivity index (χ3n) is 6.44. The number of ether oxygens (including phenoxy) is 3.